The summed E-state index contributed by atoms with van der Waals surface area (Å²) in [6.45, 7) is 1.93. The second-order valence-corrected chi connectivity index (χ2v) is 6.47. The van der Waals surface area contributed by atoms with Gasteiger partial charge in [0.25, 0.3) is 0 Å². The van der Waals surface area contributed by atoms with Crippen molar-refractivity contribution < 1.29 is 14.7 Å². The summed E-state index contributed by atoms with van der Waals surface area (Å²) in [4.78, 5) is 32.6. The SMILES string of the molecule is Cc1cnccc1-c1[nH]c2c(c1Nc1ccccc1)C(=O)CN(C(=O)O)C2. The second-order valence-electron chi connectivity index (χ2n) is 6.47. The molecule has 0 spiro atoms. The van der Waals surface area contributed by atoms with Gasteiger partial charge in [-0.05, 0) is 30.7 Å². The number of nitrogens with zero attached hydrogens (tertiary/aromatic N) is 2. The Kier molecular flexibility index (Phi) is 4.12. The van der Waals surface area contributed by atoms with Crippen molar-refractivity contribution >= 4 is 23.3 Å². The maximum absolute atomic E-state index is 12.8. The van der Waals surface area contributed by atoms with Crippen molar-refractivity contribution in [3.8, 4) is 11.3 Å². The van der Waals surface area contributed by atoms with Crippen LogP contribution in [0.1, 0.15) is 21.6 Å². The number of carbonyl (C=O) groups is 2. The van der Waals surface area contributed by atoms with Gasteiger partial charge in [0.1, 0.15) is 0 Å². The molecule has 1 amide bonds. The number of aryl methyl sites for hydroxylation is 1. The fourth-order valence-electron chi connectivity index (χ4n) is 3.36. The molecular formula is C20H18N4O3. The van der Waals surface area contributed by atoms with E-state index in [4.69, 9.17) is 0 Å². The van der Waals surface area contributed by atoms with Gasteiger partial charge in [-0.15, -0.1) is 0 Å². The highest BCUT2D eigenvalue weighted by Gasteiger charge is 2.32. The van der Waals surface area contributed by atoms with Crippen LogP contribution in [0.25, 0.3) is 11.3 Å². The lowest BCUT2D eigenvalue weighted by molar-refractivity contribution is 0.0874. The third-order valence-corrected chi connectivity index (χ3v) is 4.64. The number of nitrogens with one attached hydrogen (secondary N) is 2. The first-order valence-corrected chi connectivity index (χ1v) is 8.53. The summed E-state index contributed by atoms with van der Waals surface area (Å²) in [5, 5.41) is 12.6. The minimum atomic E-state index is -1.11. The van der Waals surface area contributed by atoms with E-state index in [9.17, 15) is 14.7 Å². The van der Waals surface area contributed by atoms with E-state index < -0.39 is 6.09 Å². The zero-order valence-electron chi connectivity index (χ0n) is 14.7. The molecule has 1 aliphatic heterocycles. The van der Waals surface area contributed by atoms with Crippen molar-refractivity contribution in [2.45, 2.75) is 13.5 Å². The smallest absolute Gasteiger partial charge is 0.408 e. The Bertz CT molecular complexity index is 1030. The Labute approximate surface area is 155 Å². The first kappa shape index (κ1) is 16.8. The van der Waals surface area contributed by atoms with Crippen LogP contribution in [0.15, 0.2) is 48.8 Å². The number of aromatic nitrogens is 2. The molecule has 0 radical (unpaired) electrons. The summed E-state index contributed by atoms with van der Waals surface area (Å²) in [5.41, 5.74) is 5.24. The summed E-state index contributed by atoms with van der Waals surface area (Å²) < 4.78 is 0. The minimum Gasteiger partial charge on any atom is -0.465 e. The largest absolute Gasteiger partial charge is 0.465 e. The van der Waals surface area contributed by atoms with Crippen molar-refractivity contribution in [2.75, 3.05) is 11.9 Å². The summed E-state index contributed by atoms with van der Waals surface area (Å²) >= 11 is 0. The fraction of sp³-hybridized carbons (Fsp3) is 0.150. The highest BCUT2D eigenvalue weighted by atomic mass is 16.4. The molecule has 4 rings (SSSR count). The number of H-pyrrole nitrogens is 1. The first-order chi connectivity index (χ1) is 13.0. The van der Waals surface area contributed by atoms with E-state index >= 15 is 0 Å². The Balaban J connectivity index is 1.88. The lowest BCUT2D eigenvalue weighted by Gasteiger charge is -2.23. The van der Waals surface area contributed by atoms with E-state index in [1.54, 1.807) is 12.4 Å². The van der Waals surface area contributed by atoms with Crippen LogP contribution in [0, 0.1) is 6.92 Å². The second kappa shape index (κ2) is 6.60. The number of Topliss-reactive ketones (excluding diaryl/α,β-unsaturated/α-hetero) is 1. The number of anilines is 2. The molecule has 0 aliphatic carbocycles. The monoisotopic (exact) mass is 362 g/mol. The third-order valence-electron chi connectivity index (χ3n) is 4.64. The highest BCUT2D eigenvalue weighted by Crippen LogP contribution is 2.38. The molecule has 27 heavy (non-hydrogen) atoms. The number of carbonyl (C=O) groups excluding carboxylic acids is 1. The van der Waals surface area contributed by atoms with Gasteiger partial charge in [-0.3, -0.25) is 14.7 Å². The number of carboxylic acid groups (broad SMARTS) is 1. The van der Waals surface area contributed by atoms with Gasteiger partial charge in [0.05, 0.1) is 30.0 Å². The number of pyridine rings is 1. The summed E-state index contributed by atoms with van der Waals surface area (Å²) in [5.74, 6) is -0.230. The molecule has 136 valence electrons. The lowest BCUT2D eigenvalue weighted by atomic mass is 10.0. The van der Waals surface area contributed by atoms with Crippen LogP contribution in [0.5, 0.6) is 0 Å². The number of hydrogen-bond acceptors (Lipinski definition) is 4. The Hall–Kier alpha value is -3.61. The fourth-order valence-corrected chi connectivity index (χ4v) is 3.36. The average molecular weight is 362 g/mol. The number of rotatable bonds is 3. The summed E-state index contributed by atoms with van der Waals surface area (Å²) in [6, 6.07) is 11.4. The molecule has 2 aromatic heterocycles. The summed E-state index contributed by atoms with van der Waals surface area (Å²) in [6.07, 6.45) is 2.34. The van der Waals surface area contributed by atoms with Gasteiger partial charge < -0.3 is 15.4 Å². The molecule has 3 N–H and O–H groups in total. The van der Waals surface area contributed by atoms with Gasteiger partial charge in [-0.25, -0.2) is 4.79 Å². The van der Waals surface area contributed by atoms with Crippen LogP contribution in [0.4, 0.5) is 16.2 Å². The molecule has 0 bridgehead atoms. The Morgan fingerprint density at radius 3 is 2.70 bits per heavy atom. The normalized spacial score (nSPS) is 13.4. The van der Waals surface area contributed by atoms with Crippen LogP contribution in [-0.4, -0.2) is 38.4 Å². The molecule has 0 atom stereocenters. The van der Waals surface area contributed by atoms with E-state index in [0.717, 1.165) is 27.4 Å². The van der Waals surface area contributed by atoms with Gasteiger partial charge >= 0.3 is 6.09 Å². The van der Waals surface area contributed by atoms with Gasteiger partial charge in [-0.2, -0.15) is 0 Å². The van der Waals surface area contributed by atoms with Crippen LogP contribution in [0.2, 0.25) is 0 Å². The molecule has 3 aromatic rings. The molecule has 0 fully saturated rings. The maximum atomic E-state index is 12.8. The molecule has 0 saturated heterocycles. The minimum absolute atomic E-state index is 0.143. The van der Waals surface area contributed by atoms with Crippen molar-refractivity contribution in [3.05, 3.63) is 65.6 Å². The average Bonchev–Trinajstić information content (AvgIpc) is 3.01. The standard InChI is InChI=1S/C20H18N4O3/c1-12-9-21-8-7-14(12)18-19(22-13-5-3-2-4-6-13)17-15(23-18)10-24(20(26)27)11-16(17)25/h2-9,22-23H,10-11H2,1H3,(H,26,27). The third kappa shape index (κ3) is 3.03. The van der Waals surface area contributed by atoms with E-state index in [2.05, 4.69) is 15.3 Å². The van der Waals surface area contributed by atoms with Crippen molar-refractivity contribution in [1.29, 1.82) is 0 Å². The topological polar surface area (TPSA) is 98.3 Å². The highest BCUT2D eigenvalue weighted by molar-refractivity contribution is 6.09. The van der Waals surface area contributed by atoms with Crippen molar-refractivity contribution in [2.24, 2.45) is 0 Å². The molecule has 1 aliphatic rings. The first-order valence-electron chi connectivity index (χ1n) is 8.53. The van der Waals surface area contributed by atoms with Crippen LogP contribution in [0.3, 0.4) is 0 Å². The van der Waals surface area contributed by atoms with Crippen LogP contribution >= 0.6 is 0 Å². The Morgan fingerprint density at radius 2 is 2.00 bits per heavy atom. The zero-order chi connectivity index (χ0) is 19.0. The van der Waals surface area contributed by atoms with Gasteiger partial charge in [0, 0.05) is 29.3 Å². The van der Waals surface area contributed by atoms with Crippen LogP contribution < -0.4 is 5.32 Å². The van der Waals surface area contributed by atoms with Gasteiger partial charge in [-0.1, -0.05) is 18.2 Å². The molecular weight excluding hydrogens is 344 g/mol. The number of ketones is 1. The maximum Gasteiger partial charge on any atom is 0.408 e. The number of fused-ring (bicyclic) bond motifs is 1. The predicted octanol–water partition coefficient (Wildman–Crippen LogP) is 3.81. The number of amides is 1. The van der Waals surface area contributed by atoms with E-state index in [1.807, 2.05) is 43.3 Å². The molecule has 7 heteroatoms. The lowest BCUT2D eigenvalue weighted by Crippen LogP contribution is -2.38. The van der Waals surface area contributed by atoms with Crippen molar-refractivity contribution in [3.63, 3.8) is 0 Å². The molecule has 0 unspecified atom stereocenters. The van der Waals surface area contributed by atoms with Crippen LogP contribution in [-0.2, 0) is 6.54 Å². The predicted molar refractivity (Wildman–Crippen MR) is 101 cm³/mol. The molecule has 3 heterocycles. The van der Waals surface area contributed by atoms with E-state index in [0.29, 0.717) is 16.9 Å². The quantitative estimate of drug-likeness (QED) is 0.658. The summed E-state index contributed by atoms with van der Waals surface area (Å²) in [7, 11) is 0. The number of hydrogen-bond donors (Lipinski definition) is 3. The number of benzene rings is 1. The van der Waals surface area contributed by atoms with Gasteiger partial charge in [0.2, 0.25) is 0 Å². The van der Waals surface area contributed by atoms with E-state index in [1.165, 1.54) is 0 Å². The molecule has 1 aromatic carbocycles. The number of para-hydroxylation sites is 1. The molecule has 7 nitrogen and oxygen atoms in total. The van der Waals surface area contributed by atoms with Crippen molar-refractivity contribution in [1.82, 2.24) is 14.9 Å². The molecule has 0 saturated carbocycles. The zero-order valence-corrected chi connectivity index (χ0v) is 14.7. The van der Waals surface area contributed by atoms with Gasteiger partial charge in [0.15, 0.2) is 5.78 Å². The number of aromatic amines is 1. The Morgan fingerprint density at radius 1 is 1.22 bits per heavy atom. The van der Waals surface area contributed by atoms with E-state index in [-0.39, 0.29) is 18.9 Å².